The number of carbonyl (C=O) groups is 1. The van der Waals surface area contributed by atoms with Crippen LogP contribution in [0.2, 0.25) is 0 Å². The number of aryl methyl sites for hydroxylation is 1. The highest BCUT2D eigenvalue weighted by molar-refractivity contribution is 8.00. The second kappa shape index (κ2) is 5.19. The van der Waals surface area contributed by atoms with E-state index in [9.17, 15) is 4.79 Å². The maximum Gasteiger partial charge on any atom is 0.325 e. The molecule has 2 aromatic heterocycles. The molecule has 8 nitrogen and oxygen atoms in total. The number of tetrazole rings is 1. The van der Waals surface area contributed by atoms with Gasteiger partial charge in [-0.15, -0.1) is 5.10 Å². The zero-order valence-corrected chi connectivity index (χ0v) is 10.4. The predicted molar refractivity (Wildman–Crippen MR) is 58.9 cm³/mol. The van der Waals surface area contributed by atoms with Crippen molar-refractivity contribution < 1.29 is 9.90 Å². The van der Waals surface area contributed by atoms with Crippen LogP contribution in [0.3, 0.4) is 0 Å². The minimum absolute atomic E-state index is 0.269. The van der Waals surface area contributed by atoms with Crippen LogP contribution in [0, 0.1) is 0 Å². The average Bonchev–Trinajstić information content (AvgIpc) is 2.89. The van der Waals surface area contributed by atoms with Gasteiger partial charge in [-0.05, 0) is 33.7 Å². The molecule has 0 aromatic carbocycles. The number of aliphatic carboxylic acids is 1. The van der Waals surface area contributed by atoms with Gasteiger partial charge in [0.2, 0.25) is 5.16 Å². The normalized spacial score (nSPS) is 10.6. The summed E-state index contributed by atoms with van der Waals surface area (Å²) in [5.41, 5.74) is 0. The van der Waals surface area contributed by atoms with Crippen LogP contribution in [-0.4, -0.2) is 40.6 Å². The molecule has 0 fully saturated rings. The molecule has 90 valence electrons. The van der Waals surface area contributed by atoms with Gasteiger partial charge >= 0.3 is 5.97 Å². The molecule has 0 atom stereocenters. The number of nitrogens with zero attached hydrogens (tertiary/aromatic N) is 6. The lowest BCUT2D eigenvalue weighted by molar-refractivity contribution is -0.138. The molecule has 10 heteroatoms. The molecule has 0 amide bonds. The molecule has 2 aromatic rings. The summed E-state index contributed by atoms with van der Waals surface area (Å²) >= 11 is 2.45. The van der Waals surface area contributed by atoms with Gasteiger partial charge in [-0.2, -0.15) is 4.37 Å². The largest absolute Gasteiger partial charge is 0.480 e. The molecule has 0 saturated carbocycles. The number of rotatable bonds is 5. The Hall–Kier alpha value is -1.55. The number of aromatic nitrogens is 6. The fraction of sp³-hybridized carbons (Fsp3) is 0.429. The Kier molecular flexibility index (Phi) is 3.64. The summed E-state index contributed by atoms with van der Waals surface area (Å²) in [4.78, 5) is 14.8. The molecule has 0 unspecified atom stereocenters. The Labute approximate surface area is 104 Å². The highest BCUT2D eigenvalue weighted by atomic mass is 32.2. The molecule has 0 spiro atoms. The second-order valence-corrected chi connectivity index (χ2v) is 4.91. The molecule has 0 radical (unpaired) electrons. The van der Waals surface area contributed by atoms with E-state index in [4.69, 9.17) is 5.11 Å². The molecule has 2 heterocycles. The van der Waals surface area contributed by atoms with Gasteiger partial charge in [0.15, 0.2) is 4.34 Å². The molecule has 0 aliphatic carbocycles. The van der Waals surface area contributed by atoms with Crippen molar-refractivity contribution in [2.24, 2.45) is 0 Å². The van der Waals surface area contributed by atoms with E-state index < -0.39 is 5.97 Å². The van der Waals surface area contributed by atoms with Crippen LogP contribution in [0.1, 0.15) is 12.7 Å². The van der Waals surface area contributed by atoms with Crippen molar-refractivity contribution in [1.82, 2.24) is 29.6 Å². The zero-order valence-electron chi connectivity index (χ0n) is 8.77. The minimum atomic E-state index is -0.995. The van der Waals surface area contributed by atoms with Gasteiger partial charge in [0.1, 0.15) is 12.4 Å². The molecule has 0 aliphatic heterocycles. The van der Waals surface area contributed by atoms with Crippen LogP contribution >= 0.6 is 23.3 Å². The first-order valence-electron chi connectivity index (χ1n) is 4.67. The third-order valence-corrected chi connectivity index (χ3v) is 3.49. The summed E-state index contributed by atoms with van der Waals surface area (Å²) in [6, 6.07) is 0. The van der Waals surface area contributed by atoms with E-state index in [0.717, 1.165) is 12.2 Å². The zero-order chi connectivity index (χ0) is 12.3. The molecule has 0 aliphatic rings. The van der Waals surface area contributed by atoms with Crippen LogP contribution in [0.5, 0.6) is 0 Å². The Morgan fingerprint density at radius 1 is 1.59 bits per heavy atom. The fourth-order valence-electron chi connectivity index (χ4n) is 0.998. The summed E-state index contributed by atoms with van der Waals surface area (Å²) < 4.78 is 6.03. The second-order valence-electron chi connectivity index (χ2n) is 2.94. The molecule has 2 rings (SSSR count). The molecule has 17 heavy (non-hydrogen) atoms. The first-order chi connectivity index (χ1) is 8.19. The van der Waals surface area contributed by atoms with Gasteiger partial charge in [0, 0.05) is 6.42 Å². The lowest BCUT2D eigenvalue weighted by Gasteiger charge is -1.97. The van der Waals surface area contributed by atoms with E-state index in [1.165, 1.54) is 28.0 Å². The van der Waals surface area contributed by atoms with Crippen molar-refractivity contribution in [1.29, 1.82) is 0 Å². The van der Waals surface area contributed by atoms with Crippen molar-refractivity contribution in [3.63, 3.8) is 0 Å². The van der Waals surface area contributed by atoms with E-state index in [0.29, 0.717) is 9.50 Å². The molecular formula is C7H8N6O2S2. The van der Waals surface area contributed by atoms with E-state index in [1.54, 1.807) is 0 Å². The van der Waals surface area contributed by atoms with Gasteiger partial charge in [-0.3, -0.25) is 4.79 Å². The molecule has 1 N–H and O–H groups in total. The Bertz CT molecular complexity index is 524. The van der Waals surface area contributed by atoms with Gasteiger partial charge in [-0.1, -0.05) is 6.92 Å². The van der Waals surface area contributed by atoms with Crippen molar-refractivity contribution in [3.8, 4) is 0 Å². The monoisotopic (exact) mass is 272 g/mol. The van der Waals surface area contributed by atoms with Crippen molar-refractivity contribution >= 4 is 29.3 Å². The van der Waals surface area contributed by atoms with E-state index in [-0.39, 0.29) is 6.54 Å². The summed E-state index contributed by atoms with van der Waals surface area (Å²) in [5, 5.41) is 19.8. The van der Waals surface area contributed by atoms with Gasteiger partial charge in [-0.25, -0.2) is 9.67 Å². The smallest absolute Gasteiger partial charge is 0.325 e. The van der Waals surface area contributed by atoms with Crippen LogP contribution in [0.25, 0.3) is 0 Å². The summed E-state index contributed by atoms with van der Waals surface area (Å²) in [6.07, 6.45) is 0.761. The van der Waals surface area contributed by atoms with Crippen molar-refractivity contribution in [3.05, 3.63) is 5.82 Å². The van der Waals surface area contributed by atoms with E-state index in [1.807, 2.05) is 6.92 Å². The molecule has 0 saturated heterocycles. The topological polar surface area (TPSA) is 107 Å². The third-order valence-electron chi connectivity index (χ3n) is 1.73. The molecule has 0 bridgehead atoms. The number of carboxylic acid groups (broad SMARTS) is 1. The standard InChI is InChI=1S/C7H8N6O2S2/c1-2-4-8-7(17-10-4)16-6-9-11-12-13(6)3-5(14)15/h2-3H2,1H3,(H,14,15). The first-order valence-corrected chi connectivity index (χ1v) is 6.26. The van der Waals surface area contributed by atoms with E-state index in [2.05, 4.69) is 24.9 Å². The Morgan fingerprint density at radius 2 is 2.41 bits per heavy atom. The van der Waals surface area contributed by atoms with Gasteiger partial charge in [0.25, 0.3) is 0 Å². The Morgan fingerprint density at radius 3 is 3.06 bits per heavy atom. The first kappa shape index (κ1) is 11.9. The van der Waals surface area contributed by atoms with Crippen molar-refractivity contribution in [2.75, 3.05) is 0 Å². The average molecular weight is 272 g/mol. The Balaban J connectivity index is 2.12. The lowest BCUT2D eigenvalue weighted by atomic mass is 10.5. The predicted octanol–water partition coefficient (Wildman–Crippen LogP) is 0.323. The van der Waals surface area contributed by atoms with Crippen LogP contribution in [0.4, 0.5) is 0 Å². The fourth-order valence-corrected chi connectivity index (χ4v) is 2.57. The highest BCUT2D eigenvalue weighted by Crippen LogP contribution is 2.26. The van der Waals surface area contributed by atoms with Crippen LogP contribution in [-0.2, 0) is 17.8 Å². The minimum Gasteiger partial charge on any atom is -0.480 e. The van der Waals surface area contributed by atoms with Gasteiger partial charge in [0.05, 0.1) is 0 Å². The molecular weight excluding hydrogens is 264 g/mol. The van der Waals surface area contributed by atoms with Crippen LogP contribution in [0.15, 0.2) is 9.50 Å². The third kappa shape index (κ3) is 2.97. The van der Waals surface area contributed by atoms with Crippen LogP contribution < -0.4 is 0 Å². The SMILES string of the molecule is CCc1nsc(Sc2nnnn2CC(=O)O)n1. The quantitative estimate of drug-likeness (QED) is 0.829. The number of hydrogen-bond acceptors (Lipinski definition) is 8. The maximum absolute atomic E-state index is 10.6. The summed E-state index contributed by atoms with van der Waals surface area (Å²) in [7, 11) is 0. The van der Waals surface area contributed by atoms with Crippen molar-refractivity contribution in [2.45, 2.75) is 29.4 Å². The highest BCUT2D eigenvalue weighted by Gasteiger charge is 2.13. The van der Waals surface area contributed by atoms with E-state index >= 15 is 0 Å². The summed E-state index contributed by atoms with van der Waals surface area (Å²) in [5.74, 6) is -0.236. The summed E-state index contributed by atoms with van der Waals surface area (Å²) in [6.45, 7) is 1.69. The maximum atomic E-state index is 10.6. The number of carboxylic acids is 1. The number of hydrogen-bond donors (Lipinski definition) is 1. The lowest BCUT2D eigenvalue weighted by Crippen LogP contribution is -2.11. The van der Waals surface area contributed by atoms with Gasteiger partial charge < -0.3 is 5.11 Å².